The van der Waals surface area contributed by atoms with Crippen molar-refractivity contribution in [1.29, 1.82) is 0 Å². The number of nitrogens with zero attached hydrogens (tertiary/aromatic N) is 1. The summed E-state index contributed by atoms with van der Waals surface area (Å²) in [4.78, 5) is 13.1. The van der Waals surface area contributed by atoms with Gasteiger partial charge in [-0.25, -0.2) is 12.8 Å². The zero-order chi connectivity index (χ0) is 23.0. The number of fused-ring (bicyclic) bond motifs is 3. The smallest absolute Gasteiger partial charge is 0.265 e. The maximum atomic E-state index is 14.8. The van der Waals surface area contributed by atoms with Gasteiger partial charge in [0.25, 0.3) is 10.0 Å². The Morgan fingerprint density at radius 2 is 1.69 bits per heavy atom. The molecule has 0 radical (unpaired) electrons. The number of benzene rings is 2. The fourth-order valence-corrected chi connectivity index (χ4v) is 6.80. The molecule has 0 heterocycles. The maximum Gasteiger partial charge on any atom is 0.265 e. The van der Waals surface area contributed by atoms with Crippen LogP contribution in [0.25, 0.3) is 0 Å². The van der Waals surface area contributed by atoms with E-state index in [1.165, 1.54) is 56.2 Å². The van der Waals surface area contributed by atoms with Crippen molar-refractivity contribution in [2.24, 2.45) is 11.8 Å². The summed E-state index contributed by atoms with van der Waals surface area (Å²) in [6.45, 7) is 1.46. The molecule has 3 aliphatic carbocycles. The molecule has 0 spiro atoms. The zero-order valence-corrected chi connectivity index (χ0v) is 19.9. The van der Waals surface area contributed by atoms with Crippen molar-refractivity contribution in [3.63, 3.8) is 0 Å². The van der Waals surface area contributed by atoms with Crippen LogP contribution in [-0.2, 0) is 14.8 Å². The van der Waals surface area contributed by atoms with Gasteiger partial charge < -0.3 is 5.32 Å². The largest absolute Gasteiger partial charge is 0.351 e. The van der Waals surface area contributed by atoms with Gasteiger partial charge in [0.2, 0.25) is 5.91 Å². The van der Waals surface area contributed by atoms with Crippen molar-refractivity contribution in [2.45, 2.75) is 56.0 Å². The van der Waals surface area contributed by atoms with E-state index in [4.69, 9.17) is 23.2 Å². The second-order valence-corrected chi connectivity index (χ2v) is 11.3. The molecular formula is C23H25Cl2FN2O3S. The van der Waals surface area contributed by atoms with Gasteiger partial charge in [-0.1, -0.05) is 36.0 Å². The van der Waals surface area contributed by atoms with E-state index in [2.05, 4.69) is 5.32 Å². The lowest BCUT2D eigenvalue weighted by Gasteiger charge is -2.43. The number of carbonyl (C=O) groups is 1. The normalized spacial score (nSPS) is 23.6. The zero-order valence-electron chi connectivity index (χ0n) is 17.6. The summed E-state index contributed by atoms with van der Waals surface area (Å²) >= 11 is 12.0. The van der Waals surface area contributed by atoms with Crippen LogP contribution in [0.5, 0.6) is 0 Å². The summed E-state index contributed by atoms with van der Waals surface area (Å²) < 4.78 is 42.8. The molecule has 0 aliphatic heterocycles. The van der Waals surface area contributed by atoms with Crippen LogP contribution in [0.15, 0.2) is 47.4 Å². The van der Waals surface area contributed by atoms with E-state index < -0.39 is 27.8 Å². The molecule has 9 heteroatoms. The highest BCUT2D eigenvalue weighted by atomic mass is 35.5. The first kappa shape index (κ1) is 23.3. The Hall–Kier alpha value is -1.83. The van der Waals surface area contributed by atoms with E-state index in [9.17, 15) is 17.6 Å². The second kappa shape index (κ2) is 9.20. The summed E-state index contributed by atoms with van der Waals surface area (Å²) in [7, 11) is -4.29. The lowest BCUT2D eigenvalue weighted by Crippen LogP contribution is -2.54. The van der Waals surface area contributed by atoms with Crippen molar-refractivity contribution in [2.75, 3.05) is 4.31 Å². The van der Waals surface area contributed by atoms with Crippen molar-refractivity contribution in [1.82, 2.24) is 5.32 Å². The molecule has 2 aromatic carbocycles. The van der Waals surface area contributed by atoms with Gasteiger partial charge in [0.05, 0.1) is 10.6 Å². The summed E-state index contributed by atoms with van der Waals surface area (Å²) in [5, 5.41) is 3.57. The fraction of sp³-hybridized carbons (Fsp3) is 0.435. The summed E-state index contributed by atoms with van der Waals surface area (Å²) in [5.74, 6) is -0.247. The van der Waals surface area contributed by atoms with Gasteiger partial charge in [-0.2, -0.15) is 0 Å². The van der Waals surface area contributed by atoms with Crippen LogP contribution in [0.4, 0.5) is 10.1 Å². The van der Waals surface area contributed by atoms with Crippen LogP contribution < -0.4 is 9.62 Å². The van der Waals surface area contributed by atoms with Crippen molar-refractivity contribution in [3.05, 3.63) is 58.3 Å². The highest BCUT2D eigenvalue weighted by molar-refractivity contribution is 7.93. The highest BCUT2D eigenvalue weighted by Crippen LogP contribution is 2.41. The molecule has 0 aromatic heterocycles. The SMILES string of the molecule is C[C@H](C(=O)N[C@@H]1CC2CCC1CC2)N(c1cc(Cl)ccc1F)S(=O)(=O)c1ccc(Cl)cc1. The number of halogens is 3. The van der Waals surface area contributed by atoms with E-state index in [0.29, 0.717) is 16.9 Å². The molecule has 5 nitrogen and oxygen atoms in total. The first-order valence-corrected chi connectivity index (χ1v) is 12.9. The van der Waals surface area contributed by atoms with Gasteiger partial charge in [-0.15, -0.1) is 0 Å². The van der Waals surface area contributed by atoms with E-state index in [0.717, 1.165) is 29.6 Å². The number of sulfonamides is 1. The Labute approximate surface area is 197 Å². The van der Waals surface area contributed by atoms with E-state index in [-0.39, 0.29) is 21.6 Å². The molecule has 2 atom stereocenters. The molecule has 3 aliphatic rings. The van der Waals surface area contributed by atoms with Crippen LogP contribution in [0.3, 0.4) is 0 Å². The average Bonchev–Trinajstić information content (AvgIpc) is 2.77. The molecule has 3 saturated carbocycles. The van der Waals surface area contributed by atoms with Crippen LogP contribution in [-0.4, -0.2) is 26.4 Å². The summed E-state index contributed by atoms with van der Waals surface area (Å²) in [6, 6.07) is 8.00. The third-order valence-corrected chi connectivity index (χ3v) is 9.01. The van der Waals surface area contributed by atoms with E-state index >= 15 is 0 Å². The number of carbonyl (C=O) groups excluding carboxylic acids is 1. The number of nitrogens with one attached hydrogen (secondary N) is 1. The van der Waals surface area contributed by atoms with E-state index in [1.54, 1.807) is 0 Å². The topological polar surface area (TPSA) is 66.5 Å². The fourth-order valence-electron chi connectivity index (χ4n) is 4.89. The Balaban J connectivity index is 1.69. The lowest BCUT2D eigenvalue weighted by molar-refractivity contribution is -0.123. The molecule has 5 rings (SSSR count). The molecule has 0 saturated heterocycles. The van der Waals surface area contributed by atoms with Crippen LogP contribution in [0.2, 0.25) is 10.0 Å². The summed E-state index contributed by atoms with van der Waals surface area (Å²) in [6.07, 6.45) is 5.40. The molecule has 1 amide bonds. The molecular weight excluding hydrogens is 474 g/mol. The minimum absolute atomic E-state index is 0.0155. The van der Waals surface area contributed by atoms with Crippen molar-refractivity contribution < 1.29 is 17.6 Å². The number of rotatable bonds is 6. The molecule has 3 fully saturated rings. The predicted octanol–water partition coefficient (Wildman–Crippen LogP) is 5.41. The Kier molecular flexibility index (Phi) is 6.71. The monoisotopic (exact) mass is 498 g/mol. The van der Waals surface area contributed by atoms with Gasteiger partial charge in [-0.3, -0.25) is 9.10 Å². The van der Waals surface area contributed by atoms with Crippen molar-refractivity contribution >= 4 is 44.8 Å². The highest BCUT2D eigenvalue weighted by Gasteiger charge is 2.40. The number of hydrogen-bond donors (Lipinski definition) is 1. The minimum Gasteiger partial charge on any atom is -0.351 e. The molecule has 2 bridgehead atoms. The number of amides is 1. The third-order valence-electron chi connectivity index (χ3n) is 6.62. The molecule has 0 unspecified atom stereocenters. The van der Waals surface area contributed by atoms with Gasteiger partial charge in [-0.05, 0) is 80.5 Å². The Morgan fingerprint density at radius 3 is 2.28 bits per heavy atom. The van der Waals surface area contributed by atoms with Crippen molar-refractivity contribution in [3.8, 4) is 0 Å². The predicted molar refractivity (Wildman–Crippen MR) is 124 cm³/mol. The first-order chi connectivity index (χ1) is 15.2. The van der Waals surface area contributed by atoms with Crippen LogP contribution in [0.1, 0.15) is 39.0 Å². The van der Waals surface area contributed by atoms with Gasteiger partial charge in [0.1, 0.15) is 11.9 Å². The molecule has 1 N–H and O–H groups in total. The number of hydrogen-bond acceptors (Lipinski definition) is 3. The summed E-state index contributed by atoms with van der Waals surface area (Å²) in [5.41, 5.74) is -0.278. The maximum absolute atomic E-state index is 14.8. The third kappa shape index (κ3) is 4.61. The Bertz CT molecular complexity index is 1100. The Morgan fingerprint density at radius 1 is 1.06 bits per heavy atom. The van der Waals surface area contributed by atoms with Crippen LogP contribution >= 0.6 is 23.2 Å². The molecule has 172 valence electrons. The van der Waals surface area contributed by atoms with Gasteiger partial charge >= 0.3 is 0 Å². The van der Waals surface area contributed by atoms with E-state index in [1.807, 2.05) is 0 Å². The van der Waals surface area contributed by atoms with Gasteiger partial charge in [0, 0.05) is 16.1 Å². The minimum atomic E-state index is -4.29. The lowest BCUT2D eigenvalue weighted by atomic mass is 9.68. The average molecular weight is 499 g/mol. The van der Waals surface area contributed by atoms with Gasteiger partial charge in [0.15, 0.2) is 0 Å². The van der Waals surface area contributed by atoms with Crippen LogP contribution in [0, 0.1) is 17.7 Å². The quantitative estimate of drug-likeness (QED) is 0.578. The standard InChI is InChI=1S/C23H25Cl2FN2O3S/c1-14(23(29)27-21-12-15-2-4-16(21)5-3-15)28(22-13-18(25)8-11-20(22)26)32(30,31)19-9-6-17(24)7-10-19/h6-11,13-16,21H,2-5,12H2,1H3,(H,27,29)/t14-,15?,16?,21-/m1/s1. The molecule has 2 aromatic rings. The first-order valence-electron chi connectivity index (χ1n) is 10.7. The molecule has 32 heavy (non-hydrogen) atoms. The number of anilines is 1. The second-order valence-electron chi connectivity index (χ2n) is 8.66.